The van der Waals surface area contributed by atoms with Crippen molar-refractivity contribution >= 4 is 24.3 Å². The fourth-order valence-corrected chi connectivity index (χ4v) is 2.14. The molecule has 0 saturated carbocycles. The smallest absolute Gasteiger partial charge is 0.488 e. The summed E-state index contributed by atoms with van der Waals surface area (Å²) in [5, 5.41) is 26.5. The Hall–Kier alpha value is -1.51. The van der Waals surface area contributed by atoms with Gasteiger partial charge in [-0.3, -0.25) is 0 Å². The van der Waals surface area contributed by atoms with Crippen molar-refractivity contribution in [3.8, 4) is 5.75 Å². The van der Waals surface area contributed by atoms with E-state index < -0.39 is 7.12 Å². The zero-order valence-electron chi connectivity index (χ0n) is 10.4. The Balaban J connectivity index is 1.75. The highest BCUT2D eigenvalue weighted by Crippen LogP contribution is 2.14. The summed E-state index contributed by atoms with van der Waals surface area (Å²) in [4.78, 5) is 0. The van der Waals surface area contributed by atoms with Crippen LogP contribution in [0, 0.1) is 0 Å². The Labute approximate surface area is 115 Å². The number of rotatable bonds is 6. The molecule has 0 aliphatic rings. The molecule has 2 rings (SSSR count). The van der Waals surface area contributed by atoms with E-state index in [0.717, 1.165) is 10.9 Å². The maximum atomic E-state index is 8.96. The molecule has 1 aromatic heterocycles. The van der Waals surface area contributed by atoms with Crippen molar-refractivity contribution in [3.63, 3.8) is 0 Å². The van der Waals surface area contributed by atoms with Crippen LogP contribution in [0.25, 0.3) is 0 Å². The number of hydrogen-bond acceptors (Lipinski definition) is 6. The lowest BCUT2D eigenvalue weighted by Crippen LogP contribution is -2.29. The standard InChI is InChI=1S/C11H14BN3O3S/c1-15-8-13-14-11(15)19-7-6-18-10-4-2-9(3-5-10)12(16)17/h2-5,8,16-17H,6-7H2,1H3. The fraction of sp³-hybridized carbons (Fsp3) is 0.273. The van der Waals surface area contributed by atoms with Crippen LogP contribution in [0.2, 0.25) is 0 Å². The highest BCUT2D eigenvalue weighted by Gasteiger charge is 2.09. The summed E-state index contributed by atoms with van der Waals surface area (Å²) in [5.74, 6) is 1.46. The predicted octanol–water partition coefficient (Wildman–Crippen LogP) is -0.334. The minimum atomic E-state index is -1.44. The second-order valence-electron chi connectivity index (χ2n) is 3.86. The molecule has 0 radical (unpaired) electrons. The normalized spacial score (nSPS) is 10.5. The second kappa shape index (κ2) is 6.60. The molecular formula is C11H14BN3O3S. The number of hydrogen-bond donors (Lipinski definition) is 2. The van der Waals surface area contributed by atoms with E-state index in [1.54, 1.807) is 42.4 Å². The van der Waals surface area contributed by atoms with Crippen molar-refractivity contribution in [2.45, 2.75) is 5.16 Å². The quantitative estimate of drug-likeness (QED) is 0.428. The van der Waals surface area contributed by atoms with Gasteiger partial charge in [0.1, 0.15) is 12.1 Å². The van der Waals surface area contributed by atoms with Crippen LogP contribution < -0.4 is 10.2 Å². The summed E-state index contributed by atoms with van der Waals surface area (Å²) in [6.45, 7) is 0.540. The molecule has 0 bridgehead atoms. The Morgan fingerprint density at radius 3 is 2.63 bits per heavy atom. The Kier molecular flexibility index (Phi) is 4.83. The van der Waals surface area contributed by atoms with Crippen LogP contribution >= 0.6 is 11.8 Å². The average molecular weight is 279 g/mol. The first-order valence-electron chi connectivity index (χ1n) is 5.72. The van der Waals surface area contributed by atoms with Crippen LogP contribution in [-0.2, 0) is 7.05 Å². The number of thioether (sulfide) groups is 1. The molecule has 2 aromatic rings. The molecular weight excluding hydrogens is 265 g/mol. The van der Waals surface area contributed by atoms with Gasteiger partial charge in [-0.05, 0) is 17.6 Å². The van der Waals surface area contributed by atoms with E-state index in [0.29, 0.717) is 17.8 Å². The number of nitrogens with zero attached hydrogens (tertiary/aromatic N) is 3. The summed E-state index contributed by atoms with van der Waals surface area (Å²) in [6, 6.07) is 6.66. The third-order valence-corrected chi connectivity index (χ3v) is 3.43. The molecule has 6 nitrogen and oxygen atoms in total. The first kappa shape index (κ1) is 13.9. The van der Waals surface area contributed by atoms with Gasteiger partial charge < -0.3 is 19.4 Å². The van der Waals surface area contributed by atoms with Crippen molar-refractivity contribution in [3.05, 3.63) is 30.6 Å². The molecule has 100 valence electrons. The van der Waals surface area contributed by atoms with Gasteiger partial charge in [0.25, 0.3) is 0 Å². The van der Waals surface area contributed by atoms with Gasteiger partial charge >= 0.3 is 7.12 Å². The van der Waals surface area contributed by atoms with E-state index in [1.165, 1.54) is 0 Å². The molecule has 19 heavy (non-hydrogen) atoms. The van der Waals surface area contributed by atoms with Gasteiger partial charge in [-0.25, -0.2) is 0 Å². The molecule has 0 saturated heterocycles. The zero-order valence-corrected chi connectivity index (χ0v) is 11.2. The third-order valence-electron chi connectivity index (χ3n) is 2.43. The number of ether oxygens (including phenoxy) is 1. The highest BCUT2D eigenvalue weighted by molar-refractivity contribution is 7.99. The molecule has 0 spiro atoms. The first-order valence-corrected chi connectivity index (χ1v) is 6.71. The van der Waals surface area contributed by atoms with Gasteiger partial charge in [-0.1, -0.05) is 23.9 Å². The van der Waals surface area contributed by atoms with Crippen LogP contribution in [0.15, 0.2) is 35.7 Å². The Morgan fingerprint density at radius 1 is 1.32 bits per heavy atom. The van der Waals surface area contributed by atoms with Crippen molar-refractivity contribution in [1.82, 2.24) is 14.8 Å². The van der Waals surface area contributed by atoms with E-state index >= 15 is 0 Å². The van der Waals surface area contributed by atoms with Gasteiger partial charge in [-0.2, -0.15) is 0 Å². The number of benzene rings is 1. The fourth-order valence-electron chi connectivity index (χ4n) is 1.43. The van der Waals surface area contributed by atoms with Crippen LogP contribution in [0.5, 0.6) is 5.75 Å². The minimum Gasteiger partial charge on any atom is -0.493 e. The molecule has 1 heterocycles. The highest BCUT2D eigenvalue weighted by atomic mass is 32.2. The molecule has 0 aliphatic carbocycles. The minimum absolute atomic E-state index is 0.445. The van der Waals surface area contributed by atoms with Crippen LogP contribution in [0.3, 0.4) is 0 Å². The summed E-state index contributed by atoms with van der Waals surface area (Å²) in [7, 11) is 0.447. The lowest BCUT2D eigenvalue weighted by molar-refractivity contribution is 0.344. The molecule has 0 atom stereocenters. The number of aromatic nitrogens is 3. The largest absolute Gasteiger partial charge is 0.493 e. The molecule has 0 aliphatic heterocycles. The van der Waals surface area contributed by atoms with E-state index in [2.05, 4.69) is 10.2 Å². The van der Waals surface area contributed by atoms with E-state index in [9.17, 15) is 0 Å². The van der Waals surface area contributed by atoms with E-state index in [4.69, 9.17) is 14.8 Å². The Bertz CT molecular complexity index is 518. The summed E-state index contributed by atoms with van der Waals surface area (Å²) in [6.07, 6.45) is 1.65. The topological polar surface area (TPSA) is 80.4 Å². The van der Waals surface area contributed by atoms with Crippen molar-refractivity contribution < 1.29 is 14.8 Å². The summed E-state index contributed by atoms with van der Waals surface area (Å²) >= 11 is 1.57. The lowest BCUT2D eigenvalue weighted by atomic mass is 9.80. The van der Waals surface area contributed by atoms with Gasteiger partial charge in [-0.15, -0.1) is 10.2 Å². The maximum absolute atomic E-state index is 8.96. The second-order valence-corrected chi connectivity index (χ2v) is 4.93. The van der Waals surface area contributed by atoms with Crippen molar-refractivity contribution in [1.29, 1.82) is 0 Å². The molecule has 0 amide bonds. The zero-order chi connectivity index (χ0) is 13.7. The van der Waals surface area contributed by atoms with Crippen LogP contribution in [-0.4, -0.2) is 44.3 Å². The molecule has 2 N–H and O–H groups in total. The van der Waals surface area contributed by atoms with Gasteiger partial charge in [0.15, 0.2) is 5.16 Å². The van der Waals surface area contributed by atoms with Crippen molar-refractivity contribution in [2.75, 3.05) is 12.4 Å². The van der Waals surface area contributed by atoms with Crippen LogP contribution in [0.1, 0.15) is 0 Å². The third kappa shape index (κ3) is 3.98. The molecule has 0 unspecified atom stereocenters. The molecule has 1 aromatic carbocycles. The monoisotopic (exact) mass is 279 g/mol. The van der Waals surface area contributed by atoms with E-state index in [-0.39, 0.29) is 0 Å². The predicted molar refractivity (Wildman–Crippen MR) is 73.5 cm³/mol. The Morgan fingerprint density at radius 2 is 2.05 bits per heavy atom. The maximum Gasteiger partial charge on any atom is 0.488 e. The molecule has 0 fully saturated rings. The molecule has 8 heteroatoms. The first-order chi connectivity index (χ1) is 9.16. The van der Waals surface area contributed by atoms with Gasteiger partial charge in [0, 0.05) is 12.8 Å². The SMILES string of the molecule is Cn1cnnc1SCCOc1ccc(B(O)O)cc1. The summed E-state index contributed by atoms with van der Waals surface area (Å²) < 4.78 is 7.39. The number of aryl methyl sites for hydroxylation is 1. The summed E-state index contributed by atoms with van der Waals surface area (Å²) in [5.41, 5.74) is 0.445. The van der Waals surface area contributed by atoms with Gasteiger partial charge in [0.2, 0.25) is 0 Å². The average Bonchev–Trinajstić information content (AvgIpc) is 2.81. The van der Waals surface area contributed by atoms with E-state index in [1.807, 2.05) is 11.6 Å². The lowest BCUT2D eigenvalue weighted by Gasteiger charge is -2.06. The van der Waals surface area contributed by atoms with Crippen LogP contribution in [0.4, 0.5) is 0 Å². The van der Waals surface area contributed by atoms with Crippen molar-refractivity contribution in [2.24, 2.45) is 7.05 Å². The van der Waals surface area contributed by atoms with Gasteiger partial charge in [0.05, 0.1) is 6.61 Å².